The van der Waals surface area contributed by atoms with Crippen molar-refractivity contribution in [2.75, 3.05) is 25.1 Å². The molecule has 180 valence electrons. The Bertz CT molecular complexity index is 915. The van der Waals surface area contributed by atoms with E-state index < -0.39 is 31.0 Å². The molecule has 3 amide bonds. The number of rotatable bonds is 9. The van der Waals surface area contributed by atoms with E-state index in [9.17, 15) is 24.0 Å². The van der Waals surface area contributed by atoms with E-state index in [1.165, 1.54) is 11.3 Å². The van der Waals surface area contributed by atoms with Gasteiger partial charge in [0.15, 0.2) is 6.61 Å². The highest BCUT2D eigenvalue weighted by Crippen LogP contribution is 2.38. The summed E-state index contributed by atoms with van der Waals surface area (Å²) < 4.78 is 10.1. The molecule has 9 nitrogen and oxygen atoms in total. The molecule has 1 aromatic rings. The van der Waals surface area contributed by atoms with Gasteiger partial charge >= 0.3 is 11.9 Å². The second kappa shape index (κ2) is 10.9. The molecule has 0 radical (unpaired) electrons. The first kappa shape index (κ1) is 24.9. The fraction of sp³-hybridized carbons (Fsp3) is 0.609. The number of hydrogen-bond acceptors (Lipinski definition) is 8. The summed E-state index contributed by atoms with van der Waals surface area (Å²) in [6, 6.07) is 0. The van der Waals surface area contributed by atoms with Crippen LogP contribution in [0.4, 0.5) is 5.00 Å². The maximum atomic E-state index is 12.5. The Morgan fingerprint density at radius 3 is 2.33 bits per heavy atom. The van der Waals surface area contributed by atoms with Crippen molar-refractivity contribution in [2.45, 2.75) is 52.9 Å². The van der Waals surface area contributed by atoms with Crippen molar-refractivity contribution in [2.24, 2.45) is 17.8 Å². The Balaban J connectivity index is 1.56. The van der Waals surface area contributed by atoms with Crippen LogP contribution >= 0.6 is 11.3 Å². The molecule has 2 unspecified atom stereocenters. The minimum absolute atomic E-state index is 0.205. The molecule has 1 saturated heterocycles. The molecule has 1 saturated carbocycles. The van der Waals surface area contributed by atoms with Gasteiger partial charge in [0.25, 0.3) is 5.91 Å². The van der Waals surface area contributed by atoms with E-state index in [1.54, 1.807) is 12.3 Å². The lowest BCUT2D eigenvalue weighted by Crippen LogP contribution is -2.37. The van der Waals surface area contributed by atoms with Crippen molar-refractivity contribution in [1.29, 1.82) is 0 Å². The number of nitrogens with zero attached hydrogens (tertiary/aromatic N) is 1. The van der Waals surface area contributed by atoms with E-state index in [4.69, 9.17) is 9.47 Å². The standard InChI is InChI=1S/C23H30N2O7S/c1-4-31-23(30)19-14(9-13(2)3)12-33-20(19)24-17(26)11-32-18(27)10-25-21(28)15-7-5-6-8-16(15)22(25)29/h12-13,15-16H,4-11H2,1-3H3,(H,24,26). The van der Waals surface area contributed by atoms with Gasteiger partial charge in [0, 0.05) is 0 Å². The largest absolute Gasteiger partial charge is 0.462 e. The van der Waals surface area contributed by atoms with Gasteiger partial charge in [-0.15, -0.1) is 11.3 Å². The first-order valence-corrected chi connectivity index (χ1v) is 12.2. The maximum absolute atomic E-state index is 12.5. The van der Waals surface area contributed by atoms with Gasteiger partial charge in [-0.2, -0.15) is 0 Å². The van der Waals surface area contributed by atoms with Gasteiger partial charge in [0.1, 0.15) is 11.5 Å². The van der Waals surface area contributed by atoms with Crippen LogP contribution in [-0.2, 0) is 35.1 Å². The van der Waals surface area contributed by atoms with Crippen LogP contribution < -0.4 is 5.32 Å². The molecule has 1 aliphatic heterocycles. The van der Waals surface area contributed by atoms with Crippen LogP contribution in [0.2, 0.25) is 0 Å². The lowest BCUT2D eigenvalue weighted by molar-refractivity contribution is -0.154. The third-order valence-electron chi connectivity index (χ3n) is 5.81. The Hall–Kier alpha value is -2.75. The number of fused-ring (bicyclic) bond motifs is 1. The van der Waals surface area contributed by atoms with E-state index >= 15 is 0 Å². The van der Waals surface area contributed by atoms with Crippen molar-refractivity contribution < 1.29 is 33.4 Å². The highest BCUT2D eigenvalue weighted by Gasteiger charge is 2.48. The number of nitrogens with one attached hydrogen (secondary N) is 1. The summed E-state index contributed by atoms with van der Waals surface area (Å²) in [5.41, 5.74) is 1.10. The molecular formula is C23H30N2O7S. The molecule has 33 heavy (non-hydrogen) atoms. The van der Waals surface area contributed by atoms with E-state index in [0.717, 1.165) is 23.3 Å². The molecule has 2 heterocycles. The number of carbonyl (C=O) groups is 5. The lowest BCUT2D eigenvalue weighted by atomic mass is 9.81. The number of hydrogen-bond donors (Lipinski definition) is 1. The van der Waals surface area contributed by atoms with Gasteiger partial charge in [-0.1, -0.05) is 26.7 Å². The predicted octanol–water partition coefficient (Wildman–Crippen LogP) is 2.78. The van der Waals surface area contributed by atoms with Gasteiger partial charge in [0.2, 0.25) is 11.8 Å². The second-order valence-corrected chi connectivity index (χ2v) is 9.63. The SMILES string of the molecule is CCOC(=O)c1c(CC(C)C)csc1NC(=O)COC(=O)CN1C(=O)C2CCCCC2C1=O. The topological polar surface area (TPSA) is 119 Å². The Morgan fingerprint density at radius 1 is 1.12 bits per heavy atom. The zero-order valence-corrected chi connectivity index (χ0v) is 20.0. The summed E-state index contributed by atoms with van der Waals surface area (Å²) in [4.78, 5) is 62.9. The molecule has 1 N–H and O–H groups in total. The van der Waals surface area contributed by atoms with Gasteiger partial charge < -0.3 is 14.8 Å². The number of esters is 2. The number of anilines is 1. The summed E-state index contributed by atoms with van der Waals surface area (Å²) in [6.45, 7) is 4.86. The quantitative estimate of drug-likeness (QED) is 0.428. The first-order valence-electron chi connectivity index (χ1n) is 11.3. The van der Waals surface area contributed by atoms with Crippen LogP contribution in [0.25, 0.3) is 0 Å². The molecule has 1 aromatic heterocycles. The molecule has 0 aromatic carbocycles. The monoisotopic (exact) mass is 478 g/mol. The van der Waals surface area contributed by atoms with Crippen LogP contribution in [0.1, 0.15) is 62.4 Å². The van der Waals surface area contributed by atoms with Gasteiger partial charge in [0.05, 0.1) is 24.0 Å². The van der Waals surface area contributed by atoms with Crippen LogP contribution in [0.15, 0.2) is 5.38 Å². The van der Waals surface area contributed by atoms with Gasteiger partial charge in [-0.3, -0.25) is 24.1 Å². The average Bonchev–Trinajstić information content (AvgIpc) is 3.26. The Kier molecular flexibility index (Phi) is 8.23. The number of carbonyl (C=O) groups excluding carboxylic acids is 5. The Labute approximate surface area is 196 Å². The van der Waals surface area contributed by atoms with E-state index in [1.807, 2.05) is 13.8 Å². The zero-order chi connectivity index (χ0) is 24.1. The van der Waals surface area contributed by atoms with Crippen molar-refractivity contribution in [3.05, 3.63) is 16.5 Å². The highest BCUT2D eigenvalue weighted by molar-refractivity contribution is 7.15. The van der Waals surface area contributed by atoms with E-state index in [-0.39, 0.29) is 30.3 Å². The van der Waals surface area contributed by atoms with Crippen molar-refractivity contribution in [3.8, 4) is 0 Å². The fourth-order valence-electron chi connectivity index (χ4n) is 4.37. The number of thiophene rings is 1. The van der Waals surface area contributed by atoms with Crippen LogP contribution in [0, 0.1) is 17.8 Å². The summed E-state index contributed by atoms with van der Waals surface area (Å²) >= 11 is 1.20. The molecule has 2 fully saturated rings. The number of amides is 3. The summed E-state index contributed by atoms with van der Waals surface area (Å²) in [5.74, 6) is -3.03. The third-order valence-corrected chi connectivity index (χ3v) is 6.76. The Morgan fingerprint density at radius 2 is 1.76 bits per heavy atom. The van der Waals surface area contributed by atoms with Crippen LogP contribution in [0.3, 0.4) is 0 Å². The lowest BCUT2D eigenvalue weighted by Gasteiger charge is -2.19. The molecule has 10 heteroatoms. The average molecular weight is 479 g/mol. The van der Waals surface area contributed by atoms with Crippen molar-refractivity contribution in [1.82, 2.24) is 4.90 Å². The maximum Gasteiger partial charge on any atom is 0.341 e. The zero-order valence-electron chi connectivity index (χ0n) is 19.2. The summed E-state index contributed by atoms with van der Waals surface area (Å²) in [5, 5.41) is 4.74. The second-order valence-electron chi connectivity index (χ2n) is 8.75. The van der Waals surface area contributed by atoms with Crippen LogP contribution in [-0.4, -0.2) is 54.3 Å². The van der Waals surface area contributed by atoms with Gasteiger partial charge in [-0.25, -0.2) is 4.79 Å². The summed E-state index contributed by atoms with van der Waals surface area (Å²) in [7, 11) is 0. The third kappa shape index (κ3) is 5.79. The van der Waals surface area contributed by atoms with Crippen molar-refractivity contribution >= 4 is 46.0 Å². The molecular weight excluding hydrogens is 448 g/mol. The van der Waals surface area contributed by atoms with Crippen molar-refractivity contribution in [3.63, 3.8) is 0 Å². The van der Waals surface area contributed by atoms with E-state index in [2.05, 4.69) is 5.32 Å². The molecule has 1 aliphatic carbocycles. The predicted molar refractivity (Wildman–Crippen MR) is 121 cm³/mol. The molecule has 0 bridgehead atoms. The minimum Gasteiger partial charge on any atom is -0.462 e. The molecule has 3 rings (SSSR count). The molecule has 0 spiro atoms. The molecule has 2 atom stereocenters. The fourth-order valence-corrected chi connectivity index (χ4v) is 5.35. The minimum atomic E-state index is -0.831. The highest BCUT2D eigenvalue weighted by atomic mass is 32.1. The number of ether oxygens (including phenoxy) is 2. The number of likely N-dealkylation sites (tertiary alicyclic amines) is 1. The smallest absolute Gasteiger partial charge is 0.341 e. The van der Waals surface area contributed by atoms with Crippen LogP contribution in [0.5, 0.6) is 0 Å². The summed E-state index contributed by atoms with van der Waals surface area (Å²) in [6.07, 6.45) is 3.76. The first-order chi connectivity index (χ1) is 15.7. The molecule has 2 aliphatic rings. The van der Waals surface area contributed by atoms with Gasteiger partial charge in [-0.05, 0) is 43.0 Å². The number of imide groups is 1. The normalized spacial score (nSPS) is 20.1. The van der Waals surface area contributed by atoms with E-state index in [0.29, 0.717) is 35.7 Å².